The molecule has 0 aliphatic carbocycles. The fraction of sp³-hybridized carbons (Fsp3) is 0.493. The van der Waals surface area contributed by atoms with Crippen LogP contribution in [0.2, 0.25) is 0 Å². The third-order valence-corrected chi connectivity index (χ3v) is 16.2. The summed E-state index contributed by atoms with van der Waals surface area (Å²) in [6, 6.07) is -10.8. The van der Waals surface area contributed by atoms with Crippen molar-refractivity contribution < 1.29 is 131 Å². The lowest BCUT2D eigenvalue weighted by Gasteiger charge is -2.30. The molecule has 3 aromatic rings. The highest BCUT2D eigenvalue weighted by Crippen LogP contribution is 2.21. The molecule has 44 heteroatoms. The average molecular weight is 1570 g/mol. The number of anilines is 1. The van der Waals surface area contributed by atoms with Gasteiger partial charge in [-0.15, -0.1) is 0 Å². The van der Waals surface area contributed by atoms with Gasteiger partial charge < -0.3 is 126 Å². The summed E-state index contributed by atoms with van der Waals surface area (Å²) in [5, 5.41) is 78.0. The zero-order valence-corrected chi connectivity index (χ0v) is 60.8. The molecule has 44 nitrogen and oxygen atoms in total. The molecular formula is C67H91N17O27. The van der Waals surface area contributed by atoms with E-state index in [4.69, 9.17) is 26.7 Å². The van der Waals surface area contributed by atoms with Gasteiger partial charge in [-0.2, -0.15) is 0 Å². The van der Waals surface area contributed by atoms with Gasteiger partial charge in [0.1, 0.15) is 72.1 Å². The van der Waals surface area contributed by atoms with Gasteiger partial charge >= 0.3 is 35.9 Å². The first kappa shape index (κ1) is 90.5. The maximum absolute atomic E-state index is 14.8. The van der Waals surface area contributed by atoms with Crippen molar-refractivity contribution in [3.63, 3.8) is 0 Å². The summed E-state index contributed by atoms with van der Waals surface area (Å²) in [6.45, 7) is 3.42. The van der Waals surface area contributed by atoms with Crippen molar-refractivity contribution in [2.45, 2.75) is 177 Å². The van der Waals surface area contributed by atoms with Gasteiger partial charge in [-0.3, -0.25) is 86.3 Å². The van der Waals surface area contributed by atoms with Crippen LogP contribution in [-0.4, -0.2) is 253 Å². The Labute approximate surface area is 630 Å². The number of nitrogen functional groups attached to an aromatic ring is 1. The lowest BCUT2D eigenvalue weighted by atomic mass is 9.96. The second-order valence-electron chi connectivity index (χ2n) is 26.5. The maximum atomic E-state index is 14.8. The van der Waals surface area contributed by atoms with Crippen LogP contribution >= 0.6 is 0 Å². The number of aliphatic carboxylic acids is 4. The second-order valence-corrected chi connectivity index (χ2v) is 26.5. The topological polar surface area (TPSA) is 711 Å². The molecule has 2 aromatic carbocycles. The van der Waals surface area contributed by atoms with Crippen molar-refractivity contribution >= 4 is 135 Å². The largest absolute Gasteiger partial charge is 0.481 e. The van der Waals surface area contributed by atoms with Crippen LogP contribution in [0.15, 0.2) is 54.7 Å². The molecule has 4 rings (SSSR count). The number of amides is 14. The molecular weight excluding hydrogens is 1470 g/mol. The van der Waals surface area contributed by atoms with Crippen molar-refractivity contribution in [3.8, 4) is 0 Å². The molecule has 25 N–H and O–H groups in total. The smallest absolute Gasteiger partial charge is 0.407 e. The zero-order chi connectivity index (χ0) is 83.3. The number of carbonyl (C=O) groups is 20. The standard InChI is InChI=1S/C67H91N17O27/c1-29(18-49(90)91)53-64(107)82-43(20-45(86)34-13-7-9-14-35(34)68)65(108)110-31(3)54(84-61(104)42(24-52(96)97)81-60(103)39(21-46(70)87)79-56(99)36(69)19-32-25-72-37-15-10-8-12-33(32)37)63(106)74-27-47(88)76-38(16-11-17-71-66(109)111-67(4,5)6)58(101)80-41(23-51(94)95)59(102)75-30(2)55(98)78-40(22-50(92)93)57(100)73-26-48(89)77-44(28-85)62(105)83-53/h7-10,12-15,25,29-31,36,38-44,53-54,72,85H,11,16-24,26-28,68-69H2,1-6H3,(H2,70,87)(H,71,109)(H,73,100)(H,74,106)(H,75,102)(H,76,88)(H,77,89)(H,78,98)(H,79,99)(H,80,101)(H,81,103)(H,82,107)(H,83,105)(H,84,104)(H,90,91)(H,92,93)(H,94,95)(H,96,97)/t29-,30-,31-,36+,38+,39-,40+,41+,42+,43+,44-,53+,54+/m1/s1. The van der Waals surface area contributed by atoms with Gasteiger partial charge in [-0.05, 0) is 83.6 Å². The SMILES string of the molecule is C[C@H](CC(=O)O)[C@@H]1NC(=O)[C@@H](CO)NC(=O)CNC(=O)[C@H](CC(=O)O)NC(=O)[C@@H](C)NC(=O)[C@H](CC(=O)O)NC(=O)[C@H](CCCNC(=O)OC(C)(C)C)NC(=O)CNC(=O)[C@@H](NC(=O)[C@H](CC(=O)O)NC(=O)[C@@H](CC(N)=O)NC(=O)[C@@H](N)Cc2c[nH]c3ccccc23)[C@@H](C)OC(=O)[C@H](CC(=O)c2ccccc2N)NC1=O. The van der Waals surface area contributed by atoms with E-state index >= 15 is 0 Å². The normalized spacial score (nSPS) is 21.6. The van der Waals surface area contributed by atoms with Crippen LogP contribution in [0.4, 0.5) is 10.5 Å². The molecule has 1 aliphatic rings. The fourth-order valence-electron chi connectivity index (χ4n) is 10.6. The van der Waals surface area contributed by atoms with Gasteiger partial charge in [0, 0.05) is 41.3 Å². The predicted octanol–water partition coefficient (Wildman–Crippen LogP) is -7.35. The first-order valence-electron chi connectivity index (χ1n) is 34.2. The number of carbonyl (C=O) groups excluding carboxylic acids is 16. The van der Waals surface area contributed by atoms with Crippen LogP contribution in [-0.2, 0) is 102 Å². The number of nitrogens with one attached hydrogen (secondary N) is 14. The lowest BCUT2D eigenvalue weighted by Crippen LogP contribution is -2.61. The molecule has 1 fully saturated rings. The first-order chi connectivity index (χ1) is 52.0. The number of benzene rings is 2. The number of H-pyrrole nitrogens is 1. The van der Waals surface area contributed by atoms with E-state index in [9.17, 15) is 121 Å². The van der Waals surface area contributed by atoms with Gasteiger partial charge in [-0.1, -0.05) is 37.3 Å². The van der Waals surface area contributed by atoms with E-state index in [0.29, 0.717) is 16.5 Å². The number of carboxylic acid groups (broad SMARTS) is 4. The zero-order valence-electron chi connectivity index (χ0n) is 60.8. The molecule has 13 atom stereocenters. The Hall–Kier alpha value is -12.9. The number of fused-ring (bicyclic) bond motifs is 1. The third kappa shape index (κ3) is 30.4. The molecule has 0 saturated carbocycles. The average Bonchev–Trinajstić information content (AvgIpc) is 1.81. The highest BCUT2D eigenvalue weighted by molar-refractivity contribution is 6.05. The number of carboxylic acids is 4. The molecule has 0 radical (unpaired) electrons. The molecule has 0 bridgehead atoms. The number of rotatable bonds is 27. The molecule has 111 heavy (non-hydrogen) atoms. The van der Waals surface area contributed by atoms with Crippen molar-refractivity contribution in [2.75, 3.05) is 32.0 Å². The highest BCUT2D eigenvalue weighted by Gasteiger charge is 2.41. The number of ketones is 1. The molecule has 1 saturated heterocycles. The highest BCUT2D eigenvalue weighted by atomic mass is 16.6. The summed E-state index contributed by atoms with van der Waals surface area (Å²) in [5.74, 6) is -29.5. The maximum Gasteiger partial charge on any atom is 0.407 e. The quantitative estimate of drug-likeness (QED) is 0.0146. The van der Waals surface area contributed by atoms with Gasteiger partial charge in [0.15, 0.2) is 5.78 Å². The van der Waals surface area contributed by atoms with Crippen molar-refractivity contribution in [2.24, 2.45) is 17.4 Å². The minimum atomic E-state index is -2.46. The Morgan fingerprint density at radius 3 is 1.74 bits per heavy atom. The molecule has 1 aliphatic heterocycles. The minimum Gasteiger partial charge on any atom is -0.481 e. The number of primary amides is 1. The summed E-state index contributed by atoms with van der Waals surface area (Å²) in [6.07, 6.45) is -9.54. The van der Waals surface area contributed by atoms with E-state index in [1.165, 1.54) is 45.0 Å². The van der Waals surface area contributed by atoms with Crippen LogP contribution in [0, 0.1) is 5.92 Å². The number of ether oxygens (including phenoxy) is 2. The molecule has 606 valence electrons. The van der Waals surface area contributed by atoms with E-state index < -0.39 is 267 Å². The summed E-state index contributed by atoms with van der Waals surface area (Å²) < 4.78 is 10.9. The number of cyclic esters (lactones) is 1. The second kappa shape index (κ2) is 42.6. The van der Waals surface area contributed by atoms with Crippen LogP contribution < -0.4 is 86.3 Å². The molecule has 0 spiro atoms. The van der Waals surface area contributed by atoms with Gasteiger partial charge in [0.2, 0.25) is 76.8 Å². The number of Topliss-reactive ketones (excluding diaryl/α,β-unsaturated/α-hetero) is 1. The number of nitrogens with two attached hydrogens (primary N) is 3. The van der Waals surface area contributed by atoms with E-state index in [-0.39, 0.29) is 30.6 Å². The number of aliphatic hydroxyl groups excluding tert-OH is 1. The molecule has 0 unspecified atom stereocenters. The van der Waals surface area contributed by atoms with Gasteiger partial charge in [0.05, 0.1) is 57.8 Å². The van der Waals surface area contributed by atoms with E-state index in [0.717, 1.165) is 20.8 Å². The minimum absolute atomic E-state index is 0.155. The van der Waals surface area contributed by atoms with E-state index in [1.54, 1.807) is 30.5 Å². The molecule has 2 heterocycles. The number of esters is 1. The molecule has 14 amide bonds. The number of alkyl carbamates (subject to hydrolysis) is 1. The summed E-state index contributed by atoms with van der Waals surface area (Å²) >= 11 is 0. The van der Waals surface area contributed by atoms with Crippen LogP contribution in [0.3, 0.4) is 0 Å². The van der Waals surface area contributed by atoms with E-state index in [1.807, 2.05) is 21.3 Å². The van der Waals surface area contributed by atoms with Crippen LogP contribution in [0.1, 0.15) is 109 Å². The van der Waals surface area contributed by atoms with E-state index in [2.05, 4.69) is 52.8 Å². The van der Waals surface area contributed by atoms with Crippen molar-refractivity contribution in [1.29, 1.82) is 0 Å². The number of hydrogen-bond donors (Lipinski definition) is 22. The van der Waals surface area contributed by atoms with Crippen LogP contribution in [0.5, 0.6) is 0 Å². The Morgan fingerprint density at radius 1 is 0.604 bits per heavy atom. The summed E-state index contributed by atoms with van der Waals surface area (Å²) in [7, 11) is 0. The number of aliphatic hydroxyl groups is 1. The Balaban J connectivity index is 1.90. The summed E-state index contributed by atoms with van der Waals surface area (Å²) in [4.78, 5) is 274. The number of para-hydroxylation sites is 2. The number of aromatic amines is 1. The predicted molar refractivity (Wildman–Crippen MR) is 379 cm³/mol. The number of aromatic nitrogens is 1. The van der Waals surface area contributed by atoms with Crippen molar-refractivity contribution in [3.05, 3.63) is 65.9 Å². The van der Waals surface area contributed by atoms with Crippen LogP contribution in [0.25, 0.3) is 10.9 Å². The molecule has 1 aromatic heterocycles. The Kier molecular flexibility index (Phi) is 34.7. The Bertz CT molecular complexity index is 4010. The summed E-state index contributed by atoms with van der Waals surface area (Å²) in [5.41, 5.74) is 17.5. The third-order valence-electron chi connectivity index (χ3n) is 16.2. The number of hydrogen-bond acceptors (Lipinski definition) is 25. The lowest BCUT2D eigenvalue weighted by molar-refractivity contribution is -0.156. The monoisotopic (exact) mass is 1570 g/mol. The van der Waals surface area contributed by atoms with Crippen molar-refractivity contribution in [1.82, 2.24) is 74.1 Å². The van der Waals surface area contributed by atoms with Gasteiger partial charge in [0.25, 0.3) is 0 Å². The first-order valence-corrected chi connectivity index (χ1v) is 34.2. The van der Waals surface area contributed by atoms with Gasteiger partial charge in [-0.25, -0.2) is 9.59 Å². The fourth-order valence-corrected chi connectivity index (χ4v) is 10.6. The Morgan fingerprint density at radius 2 is 1.14 bits per heavy atom.